The molecule has 0 bridgehead atoms. The van der Waals surface area contributed by atoms with Crippen LogP contribution in [0.4, 0.5) is 13.2 Å². The van der Waals surface area contributed by atoms with Gasteiger partial charge in [-0.05, 0) is 18.9 Å². The Morgan fingerprint density at radius 3 is 2.59 bits per heavy atom. The summed E-state index contributed by atoms with van der Waals surface area (Å²) in [5.41, 5.74) is 1.67. The second-order valence-corrected chi connectivity index (χ2v) is 5.73. The summed E-state index contributed by atoms with van der Waals surface area (Å²) in [5, 5.41) is 4.10. The van der Waals surface area contributed by atoms with Gasteiger partial charge < -0.3 is 0 Å². The van der Waals surface area contributed by atoms with Crippen LogP contribution in [0.2, 0.25) is 0 Å². The molecule has 0 spiro atoms. The van der Waals surface area contributed by atoms with Gasteiger partial charge in [-0.15, -0.1) is 0 Å². The van der Waals surface area contributed by atoms with Gasteiger partial charge in [0, 0.05) is 13.0 Å². The van der Waals surface area contributed by atoms with Crippen LogP contribution in [0, 0.1) is 12.8 Å². The molecule has 1 atom stereocenters. The van der Waals surface area contributed by atoms with E-state index >= 15 is 0 Å². The third-order valence-electron chi connectivity index (χ3n) is 4.05. The molecule has 0 N–H and O–H groups in total. The third kappa shape index (κ3) is 2.80. The quantitative estimate of drug-likeness (QED) is 0.855. The van der Waals surface area contributed by atoms with Gasteiger partial charge in [0.15, 0.2) is 0 Å². The number of hydrogen-bond donors (Lipinski definition) is 0. The lowest BCUT2D eigenvalue weighted by atomic mass is 9.97. The lowest BCUT2D eigenvalue weighted by Crippen LogP contribution is -2.34. The van der Waals surface area contributed by atoms with Crippen molar-refractivity contribution in [3.63, 3.8) is 0 Å². The zero-order chi connectivity index (χ0) is 15.9. The van der Waals surface area contributed by atoms with E-state index in [-0.39, 0.29) is 37.4 Å². The molecule has 0 amide bonds. The Morgan fingerprint density at radius 1 is 1.27 bits per heavy atom. The molecular weight excluding hydrogens is 295 g/mol. The highest BCUT2D eigenvalue weighted by atomic mass is 19.4. The van der Waals surface area contributed by atoms with Crippen molar-refractivity contribution in [3.05, 3.63) is 51.7 Å². The molecule has 1 aromatic heterocycles. The maximum absolute atomic E-state index is 12.8. The van der Waals surface area contributed by atoms with Crippen molar-refractivity contribution < 1.29 is 13.2 Å². The molecule has 1 aromatic carbocycles. The average Bonchev–Trinajstić information content (AvgIpc) is 2.77. The molecule has 0 unspecified atom stereocenters. The Morgan fingerprint density at radius 2 is 1.95 bits per heavy atom. The minimum atomic E-state index is -4.23. The topological polar surface area (TPSA) is 39.8 Å². The molecule has 0 aliphatic carbocycles. The average molecular weight is 311 g/mol. The molecular formula is C15H16F3N3O. The highest BCUT2D eigenvalue weighted by molar-refractivity contribution is 5.21. The van der Waals surface area contributed by atoms with Gasteiger partial charge in [-0.2, -0.15) is 18.3 Å². The minimum Gasteiger partial charge on any atom is -0.279 e. The molecule has 0 saturated carbocycles. The number of benzene rings is 1. The maximum Gasteiger partial charge on any atom is 0.392 e. The predicted octanol–water partition coefficient (Wildman–Crippen LogP) is 2.53. The van der Waals surface area contributed by atoms with E-state index in [2.05, 4.69) is 5.10 Å². The number of aryl methyl sites for hydroxylation is 1. The summed E-state index contributed by atoms with van der Waals surface area (Å²) in [7, 11) is 0. The number of aromatic nitrogens is 3. The largest absolute Gasteiger partial charge is 0.392 e. The summed E-state index contributed by atoms with van der Waals surface area (Å²) in [5.74, 6) is -1.18. The van der Waals surface area contributed by atoms with Gasteiger partial charge in [-0.25, -0.2) is 9.48 Å². The van der Waals surface area contributed by atoms with Crippen LogP contribution in [-0.4, -0.2) is 20.5 Å². The van der Waals surface area contributed by atoms with Crippen LogP contribution in [0.15, 0.2) is 29.1 Å². The molecule has 1 aliphatic rings. The fourth-order valence-corrected chi connectivity index (χ4v) is 2.72. The van der Waals surface area contributed by atoms with E-state index in [1.54, 1.807) is 0 Å². The number of rotatable bonds is 2. The van der Waals surface area contributed by atoms with Gasteiger partial charge in [0.25, 0.3) is 0 Å². The van der Waals surface area contributed by atoms with E-state index in [9.17, 15) is 18.0 Å². The third-order valence-corrected chi connectivity index (χ3v) is 4.05. The summed E-state index contributed by atoms with van der Waals surface area (Å²) < 4.78 is 41.0. The Balaban J connectivity index is 1.85. The van der Waals surface area contributed by atoms with E-state index < -0.39 is 12.1 Å². The van der Waals surface area contributed by atoms with Crippen molar-refractivity contribution in [1.29, 1.82) is 0 Å². The number of halogens is 3. The number of nitrogens with zero attached hydrogens (tertiary/aromatic N) is 3. The zero-order valence-electron chi connectivity index (χ0n) is 12.1. The Hall–Kier alpha value is -2.05. The minimum absolute atomic E-state index is 0.0629. The van der Waals surface area contributed by atoms with E-state index in [4.69, 9.17) is 0 Å². The molecule has 2 heterocycles. The summed E-state index contributed by atoms with van der Waals surface area (Å²) in [6, 6.07) is 7.63. The Bertz CT molecular complexity index is 728. The van der Waals surface area contributed by atoms with E-state index in [0.29, 0.717) is 0 Å². The van der Waals surface area contributed by atoms with Gasteiger partial charge >= 0.3 is 11.9 Å². The first-order chi connectivity index (χ1) is 10.3. The van der Waals surface area contributed by atoms with E-state index in [0.717, 1.165) is 11.1 Å². The van der Waals surface area contributed by atoms with E-state index in [1.165, 1.54) is 9.25 Å². The SMILES string of the molecule is Cc1ccc(Cn2nc3n(c2=O)CC[C@@H](C(F)(F)F)C3)cc1. The molecule has 0 fully saturated rings. The van der Waals surface area contributed by atoms with Crippen molar-refractivity contribution in [2.45, 2.75) is 39.0 Å². The first-order valence-corrected chi connectivity index (χ1v) is 7.13. The van der Waals surface area contributed by atoms with Crippen molar-refractivity contribution in [2.75, 3.05) is 0 Å². The van der Waals surface area contributed by atoms with Crippen LogP contribution >= 0.6 is 0 Å². The van der Waals surface area contributed by atoms with Crippen LogP contribution in [0.5, 0.6) is 0 Å². The monoisotopic (exact) mass is 311 g/mol. The standard InChI is InChI=1S/C15H16F3N3O/c1-10-2-4-11(5-3-10)9-21-14(22)20-7-6-12(15(16,17)18)8-13(20)19-21/h2-5,12H,6-9H2,1H3/t12-/m1/s1. The smallest absolute Gasteiger partial charge is 0.279 e. The Kier molecular flexibility index (Phi) is 3.58. The molecule has 0 radical (unpaired) electrons. The van der Waals surface area contributed by atoms with Crippen LogP contribution in [0.1, 0.15) is 23.4 Å². The molecule has 2 aromatic rings. The van der Waals surface area contributed by atoms with Crippen molar-refractivity contribution in [1.82, 2.24) is 14.3 Å². The van der Waals surface area contributed by atoms with Crippen LogP contribution in [-0.2, 0) is 19.5 Å². The van der Waals surface area contributed by atoms with Crippen molar-refractivity contribution in [3.8, 4) is 0 Å². The fourth-order valence-electron chi connectivity index (χ4n) is 2.72. The second-order valence-electron chi connectivity index (χ2n) is 5.73. The molecule has 3 rings (SSSR count). The van der Waals surface area contributed by atoms with E-state index in [1.807, 2.05) is 31.2 Å². The lowest BCUT2D eigenvalue weighted by Gasteiger charge is -2.23. The molecule has 118 valence electrons. The number of alkyl halides is 3. The maximum atomic E-state index is 12.8. The highest BCUT2D eigenvalue weighted by Gasteiger charge is 2.42. The van der Waals surface area contributed by atoms with Crippen molar-refractivity contribution >= 4 is 0 Å². The molecule has 7 heteroatoms. The number of fused-ring (bicyclic) bond motifs is 1. The fraction of sp³-hybridized carbons (Fsp3) is 0.467. The normalized spacial score (nSPS) is 18.3. The second kappa shape index (κ2) is 5.30. The molecule has 22 heavy (non-hydrogen) atoms. The summed E-state index contributed by atoms with van der Waals surface area (Å²) in [6.45, 7) is 2.31. The van der Waals surface area contributed by atoms with Crippen LogP contribution in [0.3, 0.4) is 0 Å². The first kappa shape index (κ1) is 14.9. The van der Waals surface area contributed by atoms with Crippen LogP contribution in [0.25, 0.3) is 0 Å². The van der Waals surface area contributed by atoms with Gasteiger partial charge in [-0.1, -0.05) is 29.8 Å². The predicted molar refractivity (Wildman–Crippen MR) is 74.6 cm³/mol. The molecule has 0 saturated heterocycles. The van der Waals surface area contributed by atoms with Crippen LogP contribution < -0.4 is 5.69 Å². The molecule has 4 nitrogen and oxygen atoms in total. The lowest BCUT2D eigenvalue weighted by molar-refractivity contribution is -0.179. The van der Waals surface area contributed by atoms with Gasteiger partial charge in [0.05, 0.1) is 12.5 Å². The zero-order valence-corrected chi connectivity index (χ0v) is 12.1. The summed E-state index contributed by atoms with van der Waals surface area (Å²) in [6.07, 6.45) is -4.52. The van der Waals surface area contributed by atoms with Gasteiger partial charge in [0.1, 0.15) is 5.82 Å². The molecule has 1 aliphatic heterocycles. The first-order valence-electron chi connectivity index (χ1n) is 7.13. The number of hydrogen-bond acceptors (Lipinski definition) is 2. The summed E-state index contributed by atoms with van der Waals surface area (Å²) >= 11 is 0. The Labute approximate surface area is 125 Å². The van der Waals surface area contributed by atoms with Gasteiger partial charge in [-0.3, -0.25) is 4.57 Å². The highest BCUT2D eigenvalue weighted by Crippen LogP contribution is 2.33. The van der Waals surface area contributed by atoms with Crippen molar-refractivity contribution in [2.24, 2.45) is 5.92 Å². The summed E-state index contributed by atoms with van der Waals surface area (Å²) in [4.78, 5) is 12.2. The van der Waals surface area contributed by atoms with Gasteiger partial charge in [0.2, 0.25) is 0 Å².